The zero-order valence-corrected chi connectivity index (χ0v) is 15.5. The van der Waals surface area contributed by atoms with Gasteiger partial charge in [-0.1, -0.05) is 23.7 Å². The van der Waals surface area contributed by atoms with Crippen LogP contribution in [0.1, 0.15) is 16.7 Å². The lowest BCUT2D eigenvalue weighted by molar-refractivity contribution is 0.0648. The van der Waals surface area contributed by atoms with Crippen LogP contribution in [0, 0.1) is 0 Å². The van der Waals surface area contributed by atoms with Crippen LogP contribution in [0.15, 0.2) is 35.4 Å². The summed E-state index contributed by atoms with van der Waals surface area (Å²) in [7, 11) is 0. The quantitative estimate of drug-likeness (QED) is 0.544. The van der Waals surface area contributed by atoms with E-state index in [1.54, 1.807) is 24.0 Å². The van der Waals surface area contributed by atoms with Gasteiger partial charge in [0.15, 0.2) is 0 Å². The number of anilines is 1. The first kappa shape index (κ1) is 19.3. The fraction of sp³-hybridized carbons (Fsp3) is 0.389. The summed E-state index contributed by atoms with van der Waals surface area (Å²) in [4.78, 5) is 5.08. The second-order valence-corrected chi connectivity index (χ2v) is 7.38. The number of benzene rings is 1. The molecule has 3 rings (SSSR count). The van der Waals surface area contributed by atoms with Crippen molar-refractivity contribution in [2.75, 3.05) is 18.4 Å². The van der Waals surface area contributed by atoms with Crippen LogP contribution in [0.3, 0.4) is 0 Å². The number of nitrogens with zero attached hydrogens (tertiary/aromatic N) is 1. The molecule has 1 aromatic carbocycles. The third-order valence-electron chi connectivity index (χ3n) is 4.15. The summed E-state index contributed by atoms with van der Waals surface area (Å²) in [5.74, 6) is 0.731. The van der Waals surface area contributed by atoms with Crippen molar-refractivity contribution < 1.29 is 13.2 Å². The van der Waals surface area contributed by atoms with E-state index >= 15 is 0 Å². The van der Waals surface area contributed by atoms with Crippen LogP contribution in [0.4, 0.5) is 19.0 Å². The molecule has 0 radical (unpaired) electrons. The molecule has 1 aromatic heterocycles. The lowest BCUT2D eigenvalue weighted by atomic mass is 10.0. The molecule has 0 amide bonds. The van der Waals surface area contributed by atoms with Crippen molar-refractivity contribution in [3.8, 4) is 0 Å². The fourth-order valence-electron chi connectivity index (χ4n) is 2.82. The van der Waals surface area contributed by atoms with Crippen molar-refractivity contribution in [1.82, 2.24) is 10.3 Å². The summed E-state index contributed by atoms with van der Waals surface area (Å²) in [6.45, 7) is 1.89. The number of hydrogen-bond donors (Lipinski definition) is 2. The van der Waals surface area contributed by atoms with E-state index in [1.165, 1.54) is 17.2 Å². The predicted molar refractivity (Wildman–Crippen MR) is 100 cm³/mol. The standard InChI is InChI=1S/C18H19ClF3N3S/c19-14-3-2-12-5-7-23-8-6-13(12)16(14)26-10-11-1-4-15(24-9-11)25-18(22)17(20)21/h1-4,9,17-18,23H,5-8,10H2,(H,24,25). The molecule has 0 aliphatic carbocycles. The van der Waals surface area contributed by atoms with Crippen LogP contribution in [-0.4, -0.2) is 30.8 Å². The molecule has 0 saturated heterocycles. The Morgan fingerprint density at radius 2 is 1.96 bits per heavy atom. The van der Waals surface area contributed by atoms with Crippen LogP contribution >= 0.6 is 23.4 Å². The molecule has 8 heteroatoms. The van der Waals surface area contributed by atoms with Gasteiger partial charge in [0.05, 0.1) is 5.02 Å². The molecule has 2 aromatic rings. The van der Waals surface area contributed by atoms with Gasteiger partial charge in [0.25, 0.3) is 6.43 Å². The number of thioether (sulfide) groups is 1. The molecule has 0 fully saturated rings. The fourth-order valence-corrected chi connectivity index (χ4v) is 4.26. The van der Waals surface area contributed by atoms with E-state index < -0.39 is 12.7 Å². The molecule has 26 heavy (non-hydrogen) atoms. The van der Waals surface area contributed by atoms with E-state index in [-0.39, 0.29) is 5.82 Å². The molecule has 0 saturated carbocycles. The Kier molecular flexibility index (Phi) is 6.67. The maximum atomic E-state index is 13.0. The SMILES string of the molecule is FC(F)C(F)Nc1ccc(CSc2c(Cl)ccc3c2CCNCC3)cn1. The highest BCUT2D eigenvalue weighted by atomic mass is 35.5. The number of rotatable bonds is 6. The molecule has 0 spiro atoms. The number of pyridine rings is 1. The van der Waals surface area contributed by atoms with Crippen molar-refractivity contribution in [2.45, 2.75) is 36.2 Å². The maximum Gasteiger partial charge on any atom is 0.287 e. The minimum absolute atomic E-state index is 0.0873. The Bertz CT molecular complexity index is 743. The Morgan fingerprint density at radius 1 is 1.15 bits per heavy atom. The first-order valence-electron chi connectivity index (χ1n) is 8.32. The maximum absolute atomic E-state index is 13.0. The highest BCUT2D eigenvalue weighted by Crippen LogP contribution is 2.36. The second kappa shape index (κ2) is 8.97. The highest BCUT2D eigenvalue weighted by Gasteiger charge is 2.19. The summed E-state index contributed by atoms with van der Waals surface area (Å²) in [6.07, 6.45) is -2.03. The van der Waals surface area contributed by atoms with Gasteiger partial charge in [-0.25, -0.2) is 18.2 Å². The summed E-state index contributed by atoms with van der Waals surface area (Å²) < 4.78 is 37.4. The van der Waals surface area contributed by atoms with Crippen molar-refractivity contribution in [3.05, 3.63) is 52.2 Å². The Labute approximate surface area is 159 Å². The van der Waals surface area contributed by atoms with Gasteiger partial charge in [-0.2, -0.15) is 0 Å². The molecule has 1 atom stereocenters. The molecule has 2 N–H and O–H groups in total. The third-order valence-corrected chi connectivity index (χ3v) is 5.81. The van der Waals surface area contributed by atoms with Crippen molar-refractivity contribution in [2.24, 2.45) is 0 Å². The van der Waals surface area contributed by atoms with E-state index in [0.717, 1.165) is 41.4 Å². The van der Waals surface area contributed by atoms with Gasteiger partial charge in [0, 0.05) is 16.8 Å². The summed E-state index contributed by atoms with van der Waals surface area (Å²) in [5, 5.41) is 6.16. The molecular formula is C18H19ClF3N3S. The third kappa shape index (κ3) is 4.84. The van der Waals surface area contributed by atoms with Gasteiger partial charge in [0.1, 0.15) is 5.82 Å². The minimum Gasteiger partial charge on any atom is -0.336 e. The zero-order chi connectivity index (χ0) is 18.5. The number of hydrogen-bond acceptors (Lipinski definition) is 4. The van der Waals surface area contributed by atoms with E-state index in [0.29, 0.717) is 5.75 Å². The summed E-state index contributed by atoms with van der Waals surface area (Å²) >= 11 is 8.05. The minimum atomic E-state index is -3.09. The Hall–Kier alpha value is -1.44. The van der Waals surface area contributed by atoms with Crippen LogP contribution in [-0.2, 0) is 18.6 Å². The highest BCUT2D eigenvalue weighted by molar-refractivity contribution is 7.98. The van der Waals surface area contributed by atoms with E-state index in [1.807, 2.05) is 11.4 Å². The molecule has 1 unspecified atom stereocenters. The van der Waals surface area contributed by atoms with Gasteiger partial charge in [-0.15, -0.1) is 11.8 Å². The molecule has 2 heterocycles. The molecule has 0 bridgehead atoms. The zero-order valence-electron chi connectivity index (χ0n) is 13.9. The first-order chi connectivity index (χ1) is 12.5. The number of nitrogens with one attached hydrogen (secondary N) is 2. The number of alkyl halides is 3. The first-order valence-corrected chi connectivity index (χ1v) is 9.68. The monoisotopic (exact) mass is 401 g/mol. The molecule has 1 aliphatic heterocycles. The van der Waals surface area contributed by atoms with E-state index in [2.05, 4.69) is 16.4 Å². The van der Waals surface area contributed by atoms with Crippen LogP contribution < -0.4 is 10.6 Å². The van der Waals surface area contributed by atoms with E-state index in [9.17, 15) is 13.2 Å². The summed E-state index contributed by atoms with van der Waals surface area (Å²) in [6, 6.07) is 7.28. The largest absolute Gasteiger partial charge is 0.336 e. The second-order valence-electron chi connectivity index (χ2n) is 5.99. The Morgan fingerprint density at radius 3 is 2.69 bits per heavy atom. The van der Waals surface area contributed by atoms with Crippen molar-refractivity contribution in [3.63, 3.8) is 0 Å². The van der Waals surface area contributed by atoms with E-state index in [4.69, 9.17) is 11.6 Å². The lowest BCUT2D eigenvalue weighted by Gasteiger charge is -2.14. The molecular weight excluding hydrogens is 383 g/mol. The number of fused-ring (bicyclic) bond motifs is 1. The normalized spacial score (nSPS) is 15.4. The molecule has 3 nitrogen and oxygen atoms in total. The van der Waals surface area contributed by atoms with Crippen molar-refractivity contribution >= 4 is 29.2 Å². The topological polar surface area (TPSA) is 37.0 Å². The lowest BCUT2D eigenvalue weighted by Crippen LogP contribution is -2.22. The van der Waals surface area contributed by atoms with Gasteiger partial charge in [0.2, 0.25) is 6.30 Å². The Balaban J connectivity index is 1.68. The van der Waals surface area contributed by atoms with Gasteiger partial charge in [-0.3, -0.25) is 0 Å². The van der Waals surface area contributed by atoms with Gasteiger partial charge < -0.3 is 10.6 Å². The summed E-state index contributed by atoms with van der Waals surface area (Å²) in [5.41, 5.74) is 3.52. The van der Waals surface area contributed by atoms with Crippen LogP contribution in [0.25, 0.3) is 0 Å². The number of aromatic nitrogens is 1. The van der Waals surface area contributed by atoms with Crippen LogP contribution in [0.5, 0.6) is 0 Å². The van der Waals surface area contributed by atoms with Gasteiger partial charge in [-0.05, 0) is 54.8 Å². The molecule has 1 aliphatic rings. The molecule has 140 valence electrons. The van der Waals surface area contributed by atoms with Gasteiger partial charge >= 0.3 is 0 Å². The average Bonchev–Trinajstić information content (AvgIpc) is 2.87. The van der Waals surface area contributed by atoms with Crippen LogP contribution in [0.2, 0.25) is 5.02 Å². The predicted octanol–water partition coefficient (Wildman–Crippen LogP) is 4.69. The smallest absolute Gasteiger partial charge is 0.287 e. The van der Waals surface area contributed by atoms with Crippen molar-refractivity contribution in [1.29, 1.82) is 0 Å². The number of halogens is 4. The average molecular weight is 402 g/mol.